The van der Waals surface area contributed by atoms with Gasteiger partial charge >= 0.3 is 5.97 Å². The fourth-order valence-electron chi connectivity index (χ4n) is 9.57. The van der Waals surface area contributed by atoms with Crippen LogP contribution < -0.4 is 0 Å². The molecule has 1 saturated carbocycles. The first-order chi connectivity index (χ1) is 25.9. The molecule has 1 aliphatic carbocycles. The van der Waals surface area contributed by atoms with Crippen LogP contribution in [0.5, 0.6) is 0 Å². The van der Waals surface area contributed by atoms with E-state index in [0.717, 1.165) is 5.57 Å². The van der Waals surface area contributed by atoms with E-state index in [9.17, 15) is 34.5 Å². The van der Waals surface area contributed by atoms with Gasteiger partial charge in [-0.05, 0) is 101 Å². The lowest BCUT2D eigenvalue weighted by Crippen LogP contribution is -2.63. The number of aliphatic hydroxyl groups is 3. The number of hydrogen-bond donors (Lipinski definition) is 3. The zero-order chi connectivity index (χ0) is 40.8. The van der Waals surface area contributed by atoms with Crippen LogP contribution in [-0.4, -0.2) is 113 Å². The number of fused-ring (bicyclic) bond motifs is 3. The molecule has 3 heterocycles. The third-order valence-corrected chi connectivity index (χ3v) is 12.9. The molecule has 4 aliphatic rings. The third-order valence-electron chi connectivity index (χ3n) is 12.9. The van der Waals surface area contributed by atoms with Gasteiger partial charge in [-0.3, -0.25) is 14.4 Å². The minimum Gasteiger partial charge on any atom is -0.456 e. The number of ether oxygens (including phenoxy) is 4. The van der Waals surface area contributed by atoms with E-state index in [1.165, 1.54) is 4.90 Å². The number of rotatable bonds is 5. The number of Topliss-reactive ketones (excluding diaryl/α,β-unsaturated/α-hetero) is 2. The molecule has 3 fully saturated rings. The average molecular weight is 776 g/mol. The Labute approximate surface area is 328 Å². The van der Waals surface area contributed by atoms with Crippen molar-refractivity contribution in [1.29, 1.82) is 0 Å². The Hall–Kier alpha value is -2.48. The van der Waals surface area contributed by atoms with Gasteiger partial charge in [0.1, 0.15) is 17.9 Å². The van der Waals surface area contributed by atoms with Crippen molar-refractivity contribution in [2.75, 3.05) is 20.8 Å². The van der Waals surface area contributed by atoms with Crippen LogP contribution in [0, 0.1) is 35.5 Å². The first kappa shape index (κ1) is 45.2. The van der Waals surface area contributed by atoms with Crippen LogP contribution in [0.15, 0.2) is 23.3 Å². The van der Waals surface area contributed by atoms with E-state index in [4.69, 9.17) is 18.9 Å². The van der Waals surface area contributed by atoms with Gasteiger partial charge in [-0.15, -0.1) is 0 Å². The summed E-state index contributed by atoms with van der Waals surface area (Å²) >= 11 is 0. The molecular formula is C43H69NO11. The molecule has 312 valence electrons. The van der Waals surface area contributed by atoms with Crippen LogP contribution in [0.25, 0.3) is 0 Å². The second-order valence-corrected chi connectivity index (χ2v) is 17.4. The second-order valence-electron chi connectivity index (χ2n) is 17.4. The highest BCUT2D eigenvalue weighted by molar-refractivity contribution is 6.39. The molecule has 2 unspecified atom stereocenters. The van der Waals surface area contributed by atoms with Gasteiger partial charge in [0.25, 0.3) is 11.7 Å². The fourth-order valence-corrected chi connectivity index (χ4v) is 9.57. The molecule has 0 radical (unpaired) electrons. The summed E-state index contributed by atoms with van der Waals surface area (Å²) < 4.78 is 23.9. The van der Waals surface area contributed by atoms with Crippen molar-refractivity contribution in [3.05, 3.63) is 23.3 Å². The number of methoxy groups -OCH3 is 2. The lowest BCUT2D eigenvalue weighted by Gasteiger charge is -2.47. The smallest absolute Gasteiger partial charge is 0.329 e. The van der Waals surface area contributed by atoms with Crippen LogP contribution in [0.2, 0.25) is 0 Å². The summed E-state index contributed by atoms with van der Waals surface area (Å²) in [6.45, 7) is 13.4. The highest BCUT2D eigenvalue weighted by Gasteiger charge is 2.56. The molecule has 4 rings (SSSR count). The van der Waals surface area contributed by atoms with Crippen LogP contribution in [0.4, 0.5) is 0 Å². The minimum atomic E-state index is -2.42. The fraction of sp³-hybridized carbons (Fsp3) is 0.814. The third kappa shape index (κ3) is 10.7. The Kier molecular flexibility index (Phi) is 16.3. The molecule has 2 bridgehead atoms. The van der Waals surface area contributed by atoms with Gasteiger partial charge in [0, 0.05) is 44.9 Å². The second kappa shape index (κ2) is 19.8. The van der Waals surface area contributed by atoms with E-state index >= 15 is 0 Å². The summed E-state index contributed by atoms with van der Waals surface area (Å²) in [4.78, 5) is 57.5. The number of allylic oxidation sites excluding steroid dienone is 3. The van der Waals surface area contributed by atoms with E-state index in [1.54, 1.807) is 28.1 Å². The first-order valence-electron chi connectivity index (χ1n) is 20.7. The van der Waals surface area contributed by atoms with Gasteiger partial charge < -0.3 is 39.2 Å². The van der Waals surface area contributed by atoms with Crippen LogP contribution >= 0.6 is 0 Å². The molecule has 0 spiro atoms. The summed E-state index contributed by atoms with van der Waals surface area (Å²) in [5.41, 5.74) is 1.72. The Morgan fingerprint density at radius 1 is 0.945 bits per heavy atom. The lowest BCUT2D eigenvalue weighted by molar-refractivity contribution is -0.294. The predicted molar refractivity (Wildman–Crippen MR) is 206 cm³/mol. The maximum absolute atomic E-state index is 14.3. The summed E-state index contributed by atoms with van der Waals surface area (Å²) in [7, 11) is 3.14. The maximum Gasteiger partial charge on any atom is 0.329 e. The Bertz CT molecular complexity index is 1410. The van der Waals surface area contributed by atoms with Gasteiger partial charge in [-0.1, -0.05) is 52.3 Å². The van der Waals surface area contributed by atoms with Gasteiger partial charge in [-0.2, -0.15) is 0 Å². The zero-order valence-corrected chi connectivity index (χ0v) is 34.7. The molecule has 55 heavy (non-hydrogen) atoms. The molecule has 0 aromatic carbocycles. The highest BCUT2D eigenvalue weighted by Crippen LogP contribution is 2.40. The normalized spacial score (nSPS) is 42.1. The van der Waals surface area contributed by atoms with Crippen molar-refractivity contribution < 1.29 is 53.4 Å². The predicted octanol–water partition coefficient (Wildman–Crippen LogP) is 5.09. The van der Waals surface area contributed by atoms with Crippen LogP contribution in [-0.2, 0) is 38.1 Å². The van der Waals surface area contributed by atoms with Crippen molar-refractivity contribution in [1.82, 2.24) is 4.90 Å². The topological polar surface area (TPSA) is 169 Å². The molecule has 12 heteroatoms. The number of amides is 1. The largest absolute Gasteiger partial charge is 0.456 e. The van der Waals surface area contributed by atoms with Crippen molar-refractivity contribution in [3.63, 3.8) is 0 Å². The number of cyclic esters (lactones) is 1. The van der Waals surface area contributed by atoms with Gasteiger partial charge in [0.2, 0.25) is 5.79 Å². The van der Waals surface area contributed by atoms with Gasteiger partial charge in [0.15, 0.2) is 0 Å². The Morgan fingerprint density at radius 3 is 2.29 bits per heavy atom. The van der Waals surface area contributed by atoms with E-state index in [2.05, 4.69) is 6.92 Å². The van der Waals surface area contributed by atoms with Crippen molar-refractivity contribution >= 4 is 23.4 Å². The molecule has 3 N–H and O–H groups in total. The van der Waals surface area contributed by atoms with E-state index < -0.39 is 77.8 Å². The van der Waals surface area contributed by atoms with E-state index in [1.807, 2.05) is 39.8 Å². The number of esters is 1. The van der Waals surface area contributed by atoms with Crippen molar-refractivity contribution in [2.24, 2.45) is 35.5 Å². The quantitative estimate of drug-likeness (QED) is 0.193. The summed E-state index contributed by atoms with van der Waals surface area (Å²) in [6, 6.07) is -1.11. The SMILES string of the molecule is CC[C@@H]1/C=C(\C)C[C@H](C)C[C@H](C)[C@H]2O[C@@](O)(C(=O)C(=O)N3CCCCC3C(=O)O[C@H](/C(C)=C/[C@@H]3CC[C@@H](O)[C@H](OC)C3)[C@H](C)[C@@H](O)CC1=O)[C@H](C)CC2OC. The first-order valence-corrected chi connectivity index (χ1v) is 20.7. The van der Waals surface area contributed by atoms with Gasteiger partial charge in [-0.25, -0.2) is 4.79 Å². The summed E-state index contributed by atoms with van der Waals surface area (Å²) in [5, 5.41) is 34.0. The van der Waals surface area contributed by atoms with Crippen LogP contribution in [0.3, 0.4) is 0 Å². The van der Waals surface area contributed by atoms with E-state index in [-0.39, 0.29) is 49.0 Å². The number of nitrogens with zero attached hydrogens (tertiary/aromatic N) is 1. The number of aliphatic hydroxyl groups excluding tert-OH is 2. The molecule has 12 nitrogen and oxygen atoms in total. The van der Waals surface area contributed by atoms with Crippen LogP contribution in [0.1, 0.15) is 119 Å². The van der Waals surface area contributed by atoms with Crippen molar-refractivity contribution in [2.45, 2.75) is 168 Å². The Morgan fingerprint density at radius 2 is 1.64 bits per heavy atom. The number of piperidine rings is 1. The molecule has 0 aromatic rings. The Balaban J connectivity index is 1.75. The average Bonchev–Trinajstić information content (AvgIpc) is 3.15. The molecule has 1 amide bonds. The summed E-state index contributed by atoms with van der Waals surface area (Å²) in [6.07, 6.45) is 5.20. The van der Waals surface area contributed by atoms with Crippen molar-refractivity contribution in [3.8, 4) is 0 Å². The lowest BCUT2D eigenvalue weighted by atomic mass is 9.79. The molecular weight excluding hydrogens is 706 g/mol. The summed E-state index contributed by atoms with van der Waals surface area (Å²) in [5.74, 6) is -7.22. The molecule has 14 atom stereocenters. The maximum atomic E-state index is 14.3. The molecule has 2 saturated heterocycles. The zero-order valence-electron chi connectivity index (χ0n) is 34.7. The number of hydrogen-bond acceptors (Lipinski definition) is 11. The number of carbonyl (C=O) groups excluding carboxylic acids is 4. The number of ketones is 2. The monoisotopic (exact) mass is 775 g/mol. The standard InChI is InChI=1S/C43H69NO11/c1-10-31-19-25(3)17-24(2)18-26(4)39-37(53-9)21-28(6)43(51,55-39)40(48)41(49)44-16-12-11-13-32(44)42(50)54-38(29(7)34(46)23-35(31)47)27(5)20-30-14-15-33(45)36(22-30)52-8/h19-20,24,26,28-34,36-39,45-46,51H,10-18,21-23H2,1-9H3/b25-19+,27-20+/t24-,26-,28+,29+,30-,31+,32?,33+,34-,36+,37?,38+,39+,43+/m0/s1. The van der Waals surface area contributed by atoms with E-state index in [0.29, 0.717) is 63.4 Å². The highest BCUT2D eigenvalue weighted by atomic mass is 16.7. The molecule has 0 aromatic heterocycles. The van der Waals surface area contributed by atoms with Gasteiger partial charge in [0.05, 0.1) is 30.5 Å². The number of carbonyl (C=O) groups is 4. The minimum absolute atomic E-state index is 0.0102. The molecule has 3 aliphatic heterocycles.